The van der Waals surface area contributed by atoms with Crippen molar-refractivity contribution >= 4 is 32.4 Å². The lowest BCUT2D eigenvalue weighted by molar-refractivity contribution is 0.504. The van der Waals surface area contributed by atoms with Crippen LogP contribution in [0.2, 0.25) is 0 Å². The van der Waals surface area contributed by atoms with Gasteiger partial charge in [-0.2, -0.15) is 0 Å². The summed E-state index contributed by atoms with van der Waals surface area (Å²) in [5.41, 5.74) is -0.800. The van der Waals surface area contributed by atoms with Crippen LogP contribution in [0.3, 0.4) is 0 Å². The summed E-state index contributed by atoms with van der Waals surface area (Å²) < 4.78 is 58.3. The summed E-state index contributed by atoms with van der Waals surface area (Å²) in [4.78, 5) is 11.6. The fourth-order valence-electron chi connectivity index (χ4n) is 2.34. The van der Waals surface area contributed by atoms with Gasteiger partial charge >= 0.3 is 5.63 Å². The summed E-state index contributed by atoms with van der Waals surface area (Å²) in [6.45, 7) is 0. The predicted octanol–water partition coefficient (Wildman–Crippen LogP) is 2.91. The van der Waals surface area contributed by atoms with Crippen molar-refractivity contribution in [1.82, 2.24) is 0 Å². The number of hydrogen-bond acceptors (Lipinski definition) is 5. The van der Waals surface area contributed by atoms with Crippen molar-refractivity contribution in [1.29, 1.82) is 0 Å². The Kier molecular flexibility index (Phi) is 4.17. The zero-order valence-electron chi connectivity index (χ0n) is 12.8. The zero-order valence-corrected chi connectivity index (χ0v) is 13.7. The van der Waals surface area contributed by atoms with Crippen LogP contribution in [-0.2, 0) is 10.0 Å². The normalized spacial score (nSPS) is 11.5. The first-order valence-corrected chi connectivity index (χ1v) is 8.53. The van der Waals surface area contributed by atoms with Crippen LogP contribution in [-0.4, -0.2) is 15.5 Å². The molecular formula is C16H12F2N2O4S. The molecule has 0 radical (unpaired) electrons. The van der Waals surface area contributed by atoms with Gasteiger partial charge in [-0.25, -0.2) is 22.0 Å². The van der Waals surface area contributed by atoms with Crippen molar-refractivity contribution in [3.05, 3.63) is 64.5 Å². The summed E-state index contributed by atoms with van der Waals surface area (Å²) in [6, 6.07) is 8.66. The third kappa shape index (κ3) is 3.05. The topological polar surface area (TPSA) is 88.4 Å². The molecule has 3 rings (SSSR count). The Hall–Kier alpha value is -2.94. The molecule has 0 aliphatic carbocycles. The van der Waals surface area contributed by atoms with E-state index in [2.05, 4.69) is 10.0 Å². The molecule has 1 heterocycles. The quantitative estimate of drug-likeness (QED) is 0.693. The number of hydrogen-bond donors (Lipinski definition) is 2. The lowest BCUT2D eigenvalue weighted by atomic mass is 10.2. The highest BCUT2D eigenvalue weighted by Crippen LogP contribution is 2.29. The van der Waals surface area contributed by atoms with E-state index in [9.17, 15) is 22.0 Å². The third-order valence-corrected chi connectivity index (χ3v) is 4.85. The molecule has 3 aromatic rings. The third-order valence-electron chi connectivity index (χ3n) is 3.50. The maximum absolute atomic E-state index is 13.3. The summed E-state index contributed by atoms with van der Waals surface area (Å²) in [5.74, 6) is -2.50. The monoisotopic (exact) mass is 366 g/mol. The molecule has 0 aliphatic heterocycles. The molecule has 1 aromatic heterocycles. The second-order valence-corrected chi connectivity index (χ2v) is 6.75. The molecule has 130 valence electrons. The lowest BCUT2D eigenvalue weighted by Gasteiger charge is -2.13. The molecule has 0 unspecified atom stereocenters. The second-order valence-electron chi connectivity index (χ2n) is 5.07. The highest BCUT2D eigenvalue weighted by atomic mass is 32.2. The Balaban J connectivity index is 2.15. The van der Waals surface area contributed by atoms with Gasteiger partial charge in [-0.15, -0.1) is 0 Å². The SMILES string of the molecule is CNc1c(NS(=O)(=O)c2ccc(F)c(F)c2)c(=O)oc2ccccc12. The number of benzene rings is 2. The van der Waals surface area contributed by atoms with Gasteiger partial charge in [-0.3, -0.25) is 4.72 Å². The molecule has 25 heavy (non-hydrogen) atoms. The number of sulfonamides is 1. The van der Waals surface area contributed by atoms with Gasteiger partial charge in [0.2, 0.25) is 0 Å². The van der Waals surface area contributed by atoms with Crippen molar-refractivity contribution in [3.63, 3.8) is 0 Å². The first-order chi connectivity index (χ1) is 11.8. The van der Waals surface area contributed by atoms with Crippen LogP contribution in [0, 0.1) is 11.6 Å². The van der Waals surface area contributed by atoms with E-state index in [1.165, 1.54) is 7.05 Å². The molecule has 0 amide bonds. The summed E-state index contributed by atoms with van der Waals surface area (Å²) >= 11 is 0. The Bertz CT molecular complexity index is 1130. The standard InChI is InChI=1S/C16H12F2N2O4S/c1-19-14-10-4-2-3-5-13(10)24-16(21)15(14)20-25(22,23)9-6-7-11(17)12(18)8-9/h2-8,19-20H,1H3. The smallest absolute Gasteiger partial charge is 0.363 e. The molecule has 6 nitrogen and oxygen atoms in total. The van der Waals surface area contributed by atoms with Gasteiger partial charge in [0.15, 0.2) is 17.3 Å². The average molecular weight is 366 g/mol. The highest BCUT2D eigenvalue weighted by Gasteiger charge is 2.22. The fourth-order valence-corrected chi connectivity index (χ4v) is 3.42. The van der Waals surface area contributed by atoms with Crippen LogP contribution in [0.25, 0.3) is 11.0 Å². The van der Waals surface area contributed by atoms with E-state index in [0.717, 1.165) is 6.07 Å². The maximum atomic E-state index is 13.3. The number of fused-ring (bicyclic) bond motifs is 1. The molecule has 0 saturated carbocycles. The van der Waals surface area contributed by atoms with Crippen molar-refractivity contribution in [2.45, 2.75) is 4.90 Å². The van der Waals surface area contributed by atoms with Gasteiger partial charge in [0.1, 0.15) is 5.58 Å². The van der Waals surface area contributed by atoms with Gasteiger partial charge in [0.05, 0.1) is 10.6 Å². The number of anilines is 2. The van der Waals surface area contributed by atoms with Crippen LogP contribution >= 0.6 is 0 Å². The van der Waals surface area contributed by atoms with E-state index in [0.29, 0.717) is 17.5 Å². The minimum atomic E-state index is -4.33. The van der Waals surface area contributed by atoms with Gasteiger partial charge < -0.3 is 9.73 Å². The van der Waals surface area contributed by atoms with E-state index in [4.69, 9.17) is 4.42 Å². The van der Waals surface area contributed by atoms with Gasteiger partial charge in [0, 0.05) is 12.4 Å². The Morgan fingerprint density at radius 3 is 2.40 bits per heavy atom. The molecule has 0 saturated heterocycles. The number of nitrogens with one attached hydrogen (secondary N) is 2. The van der Waals surface area contributed by atoms with Crippen molar-refractivity contribution in [2.75, 3.05) is 17.1 Å². The van der Waals surface area contributed by atoms with Crippen LogP contribution in [0.1, 0.15) is 0 Å². The summed E-state index contributed by atoms with van der Waals surface area (Å²) in [5, 5.41) is 3.23. The second kappa shape index (κ2) is 6.17. The fraction of sp³-hybridized carbons (Fsp3) is 0.0625. The number of rotatable bonds is 4. The van der Waals surface area contributed by atoms with Gasteiger partial charge in [0.25, 0.3) is 10.0 Å². The lowest BCUT2D eigenvalue weighted by Crippen LogP contribution is -2.20. The first-order valence-electron chi connectivity index (χ1n) is 7.05. The molecule has 0 atom stereocenters. The van der Waals surface area contributed by atoms with E-state index in [1.54, 1.807) is 24.3 Å². The van der Waals surface area contributed by atoms with Crippen LogP contribution in [0.15, 0.2) is 56.6 Å². The number of halogens is 2. The van der Waals surface area contributed by atoms with Crippen LogP contribution < -0.4 is 15.7 Å². The molecule has 0 bridgehead atoms. The zero-order chi connectivity index (χ0) is 18.2. The van der Waals surface area contributed by atoms with Crippen molar-refractivity contribution in [3.8, 4) is 0 Å². The number of para-hydroxylation sites is 1. The van der Waals surface area contributed by atoms with E-state index in [1.807, 2.05) is 0 Å². The van der Waals surface area contributed by atoms with Crippen LogP contribution in [0.4, 0.5) is 20.2 Å². The average Bonchev–Trinajstić information content (AvgIpc) is 2.57. The van der Waals surface area contributed by atoms with Crippen LogP contribution in [0.5, 0.6) is 0 Å². The maximum Gasteiger partial charge on any atom is 0.363 e. The Morgan fingerprint density at radius 2 is 1.72 bits per heavy atom. The first kappa shape index (κ1) is 16.9. The summed E-state index contributed by atoms with van der Waals surface area (Å²) in [7, 11) is -2.82. The Labute approximate surface area is 141 Å². The van der Waals surface area contributed by atoms with Crippen molar-refractivity contribution in [2.24, 2.45) is 0 Å². The predicted molar refractivity (Wildman–Crippen MR) is 89.2 cm³/mol. The molecule has 2 aromatic carbocycles. The van der Waals surface area contributed by atoms with Gasteiger partial charge in [-0.05, 0) is 30.3 Å². The van der Waals surface area contributed by atoms with E-state index in [-0.39, 0.29) is 17.0 Å². The minimum absolute atomic E-state index is 0.206. The molecule has 9 heteroatoms. The molecule has 0 aliphatic rings. The van der Waals surface area contributed by atoms with Gasteiger partial charge in [-0.1, -0.05) is 12.1 Å². The Morgan fingerprint density at radius 1 is 1.00 bits per heavy atom. The minimum Gasteiger partial charge on any atom is -0.421 e. The largest absolute Gasteiger partial charge is 0.421 e. The van der Waals surface area contributed by atoms with E-state index >= 15 is 0 Å². The van der Waals surface area contributed by atoms with Crippen molar-refractivity contribution < 1.29 is 21.6 Å². The van der Waals surface area contributed by atoms with E-state index < -0.39 is 32.2 Å². The molecule has 2 N–H and O–H groups in total. The molecular weight excluding hydrogens is 354 g/mol. The molecule has 0 spiro atoms. The highest BCUT2D eigenvalue weighted by molar-refractivity contribution is 7.92. The summed E-state index contributed by atoms with van der Waals surface area (Å²) in [6.07, 6.45) is 0. The molecule has 0 fully saturated rings.